The third-order valence-electron chi connectivity index (χ3n) is 6.08. The van der Waals surface area contributed by atoms with Crippen LogP contribution in [0.5, 0.6) is 5.75 Å². The van der Waals surface area contributed by atoms with Crippen LogP contribution < -0.4 is 4.74 Å². The minimum absolute atomic E-state index is 0.0337. The van der Waals surface area contributed by atoms with Crippen LogP contribution in [0.1, 0.15) is 43.0 Å². The number of likely N-dealkylation sites (N-methyl/N-ethyl adjacent to an activating group) is 1. The Balaban J connectivity index is 1.71. The predicted molar refractivity (Wildman–Crippen MR) is 138 cm³/mol. The number of fused-ring (bicyclic) bond motifs is 1. The molecule has 0 aliphatic carbocycles. The maximum absolute atomic E-state index is 13.5. The average molecular weight is 536 g/mol. The summed E-state index contributed by atoms with van der Waals surface area (Å²) in [4.78, 5) is 30.5. The molecular formula is C28H36F3N3O4. The van der Waals surface area contributed by atoms with Gasteiger partial charge >= 0.3 is 12.3 Å². The minimum Gasteiger partial charge on any atom is -0.483 e. The summed E-state index contributed by atoms with van der Waals surface area (Å²) < 4.78 is 52.0. The van der Waals surface area contributed by atoms with E-state index in [1.165, 1.54) is 23.1 Å². The molecule has 0 fully saturated rings. The van der Waals surface area contributed by atoms with Gasteiger partial charge in [-0.2, -0.15) is 13.2 Å². The molecule has 0 bridgehead atoms. The zero-order valence-corrected chi connectivity index (χ0v) is 22.6. The van der Waals surface area contributed by atoms with Crippen molar-refractivity contribution in [2.24, 2.45) is 0 Å². The summed E-state index contributed by atoms with van der Waals surface area (Å²) in [5, 5.41) is 0. The molecule has 0 spiro atoms. The van der Waals surface area contributed by atoms with Gasteiger partial charge in [0.25, 0.3) is 5.91 Å². The number of hydrogen-bond donors (Lipinski definition) is 0. The number of benzene rings is 2. The van der Waals surface area contributed by atoms with E-state index in [1.54, 1.807) is 17.0 Å². The summed E-state index contributed by atoms with van der Waals surface area (Å²) in [6.45, 7) is 6.50. The Bertz CT molecular complexity index is 1130. The highest BCUT2D eigenvalue weighted by Crippen LogP contribution is 2.33. The Labute approximate surface area is 222 Å². The average Bonchev–Trinajstić information content (AvgIpc) is 2.83. The van der Waals surface area contributed by atoms with Gasteiger partial charge in [0.1, 0.15) is 11.4 Å². The summed E-state index contributed by atoms with van der Waals surface area (Å²) in [6, 6.07) is 10.7. The second kappa shape index (κ2) is 12.1. The molecule has 2 amide bonds. The molecule has 1 aliphatic heterocycles. The highest BCUT2D eigenvalue weighted by Gasteiger charge is 2.34. The van der Waals surface area contributed by atoms with E-state index < -0.39 is 23.2 Å². The fourth-order valence-electron chi connectivity index (χ4n) is 4.18. The van der Waals surface area contributed by atoms with E-state index in [1.807, 2.05) is 45.8 Å². The Kier molecular flexibility index (Phi) is 9.30. The first-order chi connectivity index (χ1) is 17.7. The quantitative estimate of drug-likeness (QED) is 0.478. The molecule has 0 saturated heterocycles. The van der Waals surface area contributed by atoms with E-state index in [4.69, 9.17) is 9.47 Å². The van der Waals surface area contributed by atoms with Crippen molar-refractivity contribution >= 4 is 12.0 Å². The molecule has 0 saturated carbocycles. The van der Waals surface area contributed by atoms with Crippen molar-refractivity contribution in [1.82, 2.24) is 14.7 Å². The van der Waals surface area contributed by atoms with Crippen molar-refractivity contribution in [2.45, 2.75) is 52.1 Å². The topological polar surface area (TPSA) is 62.3 Å². The van der Waals surface area contributed by atoms with Gasteiger partial charge in [-0.05, 0) is 64.5 Å². The van der Waals surface area contributed by atoms with Gasteiger partial charge in [-0.3, -0.25) is 4.79 Å². The molecule has 0 radical (unpaired) electrons. The molecule has 0 unspecified atom stereocenters. The lowest BCUT2D eigenvalue weighted by Gasteiger charge is -2.32. The fraction of sp³-hybridized carbons (Fsp3) is 0.500. The summed E-state index contributed by atoms with van der Waals surface area (Å²) in [5.41, 5.74) is 0.488. The Morgan fingerprint density at radius 2 is 1.71 bits per heavy atom. The first kappa shape index (κ1) is 29.3. The van der Waals surface area contributed by atoms with Crippen LogP contribution in [0, 0.1) is 0 Å². The van der Waals surface area contributed by atoms with Gasteiger partial charge < -0.3 is 24.2 Å². The fourth-order valence-corrected chi connectivity index (χ4v) is 4.18. The molecule has 0 N–H and O–H groups in total. The van der Waals surface area contributed by atoms with Crippen molar-refractivity contribution in [3.05, 3.63) is 64.7 Å². The SMILES string of the molecule is CN(C)CCN(Cc1ccccc1C(F)(F)F)C(=O)COc1cccc2c1CCN(C(=O)OC(C)(C)C)C2. The third kappa shape index (κ3) is 8.11. The van der Waals surface area contributed by atoms with Gasteiger partial charge in [-0.1, -0.05) is 30.3 Å². The van der Waals surface area contributed by atoms with Crippen LogP contribution >= 0.6 is 0 Å². The van der Waals surface area contributed by atoms with E-state index in [-0.39, 0.29) is 31.4 Å². The number of nitrogens with zero attached hydrogens (tertiary/aromatic N) is 3. The summed E-state index contributed by atoms with van der Waals surface area (Å²) in [7, 11) is 3.67. The van der Waals surface area contributed by atoms with Crippen LogP contribution in [-0.4, -0.2) is 72.6 Å². The lowest BCUT2D eigenvalue weighted by atomic mass is 9.99. The van der Waals surface area contributed by atoms with Crippen molar-refractivity contribution in [2.75, 3.05) is 40.3 Å². The Morgan fingerprint density at radius 3 is 2.37 bits per heavy atom. The molecule has 1 aliphatic rings. The first-order valence-corrected chi connectivity index (χ1v) is 12.5. The van der Waals surface area contributed by atoms with Crippen molar-refractivity contribution < 1.29 is 32.2 Å². The van der Waals surface area contributed by atoms with Crippen LogP contribution in [-0.2, 0) is 35.2 Å². The van der Waals surface area contributed by atoms with Crippen LogP contribution in [0.3, 0.4) is 0 Å². The van der Waals surface area contributed by atoms with Crippen LogP contribution in [0.2, 0.25) is 0 Å². The normalized spacial score (nSPS) is 13.8. The van der Waals surface area contributed by atoms with E-state index in [2.05, 4.69) is 0 Å². The highest BCUT2D eigenvalue weighted by atomic mass is 19.4. The molecule has 1 heterocycles. The van der Waals surface area contributed by atoms with Crippen molar-refractivity contribution in [1.29, 1.82) is 0 Å². The van der Waals surface area contributed by atoms with Crippen molar-refractivity contribution in [3.63, 3.8) is 0 Å². The van der Waals surface area contributed by atoms with Gasteiger partial charge in [0, 0.05) is 38.3 Å². The molecule has 10 heteroatoms. The molecular weight excluding hydrogens is 499 g/mol. The number of amides is 2. The van der Waals surface area contributed by atoms with E-state index in [9.17, 15) is 22.8 Å². The largest absolute Gasteiger partial charge is 0.483 e. The van der Waals surface area contributed by atoms with Gasteiger partial charge in [0.2, 0.25) is 0 Å². The third-order valence-corrected chi connectivity index (χ3v) is 6.08. The van der Waals surface area contributed by atoms with Crippen molar-refractivity contribution in [3.8, 4) is 5.75 Å². The lowest BCUT2D eigenvalue weighted by molar-refractivity contribution is -0.140. The molecule has 208 valence electrons. The molecule has 2 aromatic carbocycles. The number of carbonyl (C=O) groups excluding carboxylic acids is 2. The standard InChI is InChI=1S/C28H36F3N3O4/c1-27(2,3)38-26(36)34-14-13-22-20(17-34)10-8-12-24(22)37-19-25(35)33(16-15-32(4)5)18-21-9-6-7-11-23(21)28(29,30)31/h6-12H,13-19H2,1-5H3. The Hall–Kier alpha value is -3.27. The van der Waals surface area contributed by atoms with Gasteiger partial charge in [-0.15, -0.1) is 0 Å². The summed E-state index contributed by atoms with van der Waals surface area (Å²) in [6.07, 6.45) is -4.37. The predicted octanol–water partition coefficient (Wildman–Crippen LogP) is 4.97. The van der Waals surface area contributed by atoms with E-state index in [0.717, 1.165) is 17.2 Å². The molecule has 38 heavy (non-hydrogen) atoms. The number of halogens is 3. The van der Waals surface area contributed by atoms with Gasteiger partial charge in [0.15, 0.2) is 6.61 Å². The molecule has 2 aromatic rings. The number of alkyl halides is 3. The molecule has 0 aromatic heterocycles. The number of rotatable bonds is 8. The van der Waals surface area contributed by atoms with Gasteiger partial charge in [0.05, 0.1) is 5.56 Å². The van der Waals surface area contributed by atoms with E-state index in [0.29, 0.717) is 31.8 Å². The smallest absolute Gasteiger partial charge is 0.416 e. The van der Waals surface area contributed by atoms with Crippen LogP contribution in [0.4, 0.5) is 18.0 Å². The maximum Gasteiger partial charge on any atom is 0.416 e. The van der Waals surface area contributed by atoms with Crippen LogP contribution in [0.25, 0.3) is 0 Å². The zero-order valence-electron chi connectivity index (χ0n) is 22.6. The summed E-state index contributed by atoms with van der Waals surface area (Å²) in [5.74, 6) is 0.121. The second-order valence-corrected chi connectivity index (χ2v) is 10.6. The summed E-state index contributed by atoms with van der Waals surface area (Å²) >= 11 is 0. The number of carbonyl (C=O) groups is 2. The molecule has 0 atom stereocenters. The lowest BCUT2D eigenvalue weighted by Crippen LogP contribution is -2.40. The molecule has 3 rings (SSSR count). The van der Waals surface area contributed by atoms with E-state index >= 15 is 0 Å². The monoisotopic (exact) mass is 535 g/mol. The Morgan fingerprint density at radius 1 is 1.00 bits per heavy atom. The zero-order chi connectivity index (χ0) is 28.1. The maximum atomic E-state index is 13.5. The number of ether oxygens (including phenoxy) is 2. The van der Waals surface area contributed by atoms with Crippen LogP contribution in [0.15, 0.2) is 42.5 Å². The molecule has 7 nitrogen and oxygen atoms in total. The first-order valence-electron chi connectivity index (χ1n) is 12.5. The highest BCUT2D eigenvalue weighted by molar-refractivity contribution is 5.78. The minimum atomic E-state index is -4.51. The second-order valence-electron chi connectivity index (χ2n) is 10.6. The van der Waals surface area contributed by atoms with Gasteiger partial charge in [-0.25, -0.2) is 4.79 Å². The number of hydrogen-bond acceptors (Lipinski definition) is 5.